The summed E-state index contributed by atoms with van der Waals surface area (Å²) in [6, 6.07) is 11.1. The van der Waals surface area contributed by atoms with Crippen LogP contribution in [0.25, 0.3) is 0 Å². The Kier molecular flexibility index (Phi) is 5.07. The zero-order valence-corrected chi connectivity index (χ0v) is 14.6. The van der Waals surface area contributed by atoms with Crippen LogP contribution in [-0.4, -0.2) is 49.1 Å². The normalized spacial score (nSPS) is 14.5. The summed E-state index contributed by atoms with van der Waals surface area (Å²) in [5, 5.41) is 0. The lowest BCUT2D eigenvalue weighted by Gasteiger charge is -2.36. The summed E-state index contributed by atoms with van der Waals surface area (Å²) in [5.74, 6) is 0.748. The number of pyridine rings is 1. The molecule has 3 rings (SSSR count). The second-order valence-electron chi connectivity index (χ2n) is 6.09. The highest BCUT2D eigenvalue weighted by Crippen LogP contribution is 2.22. The van der Waals surface area contributed by atoms with Gasteiger partial charge in [0.25, 0.3) is 5.91 Å². The fraction of sp³-hybridized carbons (Fsp3) is 0.368. The molecule has 25 heavy (non-hydrogen) atoms. The molecule has 6 nitrogen and oxygen atoms in total. The van der Waals surface area contributed by atoms with E-state index < -0.39 is 0 Å². The first-order valence-corrected chi connectivity index (χ1v) is 8.52. The monoisotopic (exact) mass is 341 g/mol. The lowest BCUT2D eigenvalue weighted by atomic mass is 10.1. The highest BCUT2D eigenvalue weighted by atomic mass is 16.5. The average Bonchev–Trinajstić information content (AvgIpc) is 2.67. The van der Waals surface area contributed by atoms with Gasteiger partial charge in [-0.3, -0.25) is 9.59 Å². The van der Waals surface area contributed by atoms with Crippen LogP contribution in [0.15, 0.2) is 41.2 Å². The number of rotatable bonds is 4. The minimum absolute atomic E-state index is 0.0777. The summed E-state index contributed by atoms with van der Waals surface area (Å²) >= 11 is 0. The summed E-state index contributed by atoms with van der Waals surface area (Å²) in [6.07, 6.45) is 0.694. The van der Waals surface area contributed by atoms with E-state index in [0.717, 1.165) is 30.2 Å². The van der Waals surface area contributed by atoms with Gasteiger partial charge < -0.3 is 19.5 Å². The fourth-order valence-electron chi connectivity index (χ4n) is 3.07. The van der Waals surface area contributed by atoms with Gasteiger partial charge in [0.15, 0.2) is 0 Å². The van der Waals surface area contributed by atoms with Crippen molar-refractivity contribution in [3.05, 3.63) is 58.0 Å². The zero-order valence-electron chi connectivity index (χ0n) is 14.6. The molecule has 1 aliphatic heterocycles. The van der Waals surface area contributed by atoms with Crippen LogP contribution in [0.4, 0.5) is 5.69 Å². The molecule has 0 aliphatic carbocycles. The third kappa shape index (κ3) is 3.84. The molecule has 1 fully saturated rings. The number of hydrogen-bond acceptors (Lipinski definition) is 4. The first-order chi connectivity index (χ1) is 12.1. The molecule has 2 heterocycles. The summed E-state index contributed by atoms with van der Waals surface area (Å²) in [6.45, 7) is 4.71. The van der Waals surface area contributed by atoms with E-state index in [1.807, 2.05) is 36.1 Å². The van der Waals surface area contributed by atoms with E-state index in [2.05, 4.69) is 9.88 Å². The van der Waals surface area contributed by atoms with Crippen molar-refractivity contribution in [2.24, 2.45) is 0 Å². The Morgan fingerprint density at radius 3 is 2.60 bits per heavy atom. The number of H-pyrrole nitrogens is 1. The molecule has 0 spiro atoms. The van der Waals surface area contributed by atoms with Crippen molar-refractivity contribution < 1.29 is 9.53 Å². The quantitative estimate of drug-likeness (QED) is 0.923. The van der Waals surface area contributed by atoms with Gasteiger partial charge in [-0.2, -0.15) is 0 Å². The summed E-state index contributed by atoms with van der Waals surface area (Å²) in [5.41, 5.74) is 2.12. The number of ether oxygens (including phenoxy) is 1. The highest BCUT2D eigenvalue weighted by molar-refractivity contribution is 5.94. The maximum absolute atomic E-state index is 12.7. The molecule has 132 valence electrons. The maximum Gasteiger partial charge on any atom is 0.254 e. The van der Waals surface area contributed by atoms with Crippen LogP contribution in [0.3, 0.4) is 0 Å². The van der Waals surface area contributed by atoms with Crippen LogP contribution in [0, 0.1) is 0 Å². The topological polar surface area (TPSA) is 65.6 Å². The van der Waals surface area contributed by atoms with E-state index in [0.29, 0.717) is 25.1 Å². The van der Waals surface area contributed by atoms with Crippen molar-refractivity contribution >= 4 is 11.6 Å². The number of carbonyl (C=O) groups excluding carboxylic acids is 1. The number of aromatic nitrogens is 1. The van der Waals surface area contributed by atoms with E-state index in [-0.39, 0.29) is 11.5 Å². The van der Waals surface area contributed by atoms with Crippen molar-refractivity contribution in [1.29, 1.82) is 0 Å². The number of nitrogens with one attached hydrogen (secondary N) is 1. The van der Waals surface area contributed by atoms with Crippen molar-refractivity contribution in [2.75, 3.05) is 38.2 Å². The predicted octanol–water partition coefficient (Wildman–Crippen LogP) is 1.91. The number of nitrogens with zero attached hydrogens (tertiary/aromatic N) is 2. The van der Waals surface area contributed by atoms with Gasteiger partial charge in [0.05, 0.1) is 7.11 Å². The number of aromatic amines is 1. The molecule has 6 heteroatoms. The van der Waals surface area contributed by atoms with E-state index >= 15 is 0 Å². The smallest absolute Gasteiger partial charge is 0.254 e. The summed E-state index contributed by atoms with van der Waals surface area (Å²) in [4.78, 5) is 31.2. The lowest BCUT2D eigenvalue weighted by Crippen LogP contribution is -2.49. The van der Waals surface area contributed by atoms with Crippen LogP contribution < -0.4 is 15.2 Å². The largest absolute Gasteiger partial charge is 0.497 e. The van der Waals surface area contributed by atoms with Crippen LogP contribution in [0.5, 0.6) is 5.75 Å². The lowest BCUT2D eigenvalue weighted by molar-refractivity contribution is 0.0746. The Morgan fingerprint density at radius 2 is 1.92 bits per heavy atom. The van der Waals surface area contributed by atoms with E-state index in [9.17, 15) is 9.59 Å². The molecule has 0 bridgehead atoms. The molecule has 1 saturated heterocycles. The van der Waals surface area contributed by atoms with Crippen molar-refractivity contribution in [1.82, 2.24) is 9.88 Å². The molecule has 0 unspecified atom stereocenters. The number of methoxy groups -OCH3 is 1. The zero-order chi connectivity index (χ0) is 17.8. The number of aryl methyl sites for hydroxylation is 1. The molecule has 2 aromatic rings. The number of hydrogen-bond donors (Lipinski definition) is 1. The van der Waals surface area contributed by atoms with Gasteiger partial charge in [-0.05, 0) is 24.6 Å². The number of anilines is 1. The van der Waals surface area contributed by atoms with Crippen molar-refractivity contribution in [2.45, 2.75) is 13.3 Å². The Labute approximate surface area is 147 Å². The Morgan fingerprint density at radius 1 is 1.16 bits per heavy atom. The fourth-order valence-corrected chi connectivity index (χ4v) is 3.07. The Bertz CT molecular complexity index is 808. The molecule has 1 aliphatic rings. The van der Waals surface area contributed by atoms with E-state index in [1.54, 1.807) is 13.2 Å². The molecule has 1 aromatic heterocycles. The van der Waals surface area contributed by atoms with Crippen LogP contribution in [0.2, 0.25) is 0 Å². The van der Waals surface area contributed by atoms with Crippen LogP contribution in [-0.2, 0) is 6.42 Å². The Hall–Kier alpha value is -2.76. The molecule has 1 aromatic carbocycles. The van der Waals surface area contributed by atoms with Crippen LogP contribution >= 0.6 is 0 Å². The SMILES string of the molecule is CCc1cc(C(=O)N2CCN(c3cccc(OC)c3)CC2)cc(=O)[nH]1. The van der Waals surface area contributed by atoms with E-state index in [4.69, 9.17) is 4.74 Å². The predicted molar refractivity (Wildman–Crippen MR) is 97.6 cm³/mol. The number of amides is 1. The minimum Gasteiger partial charge on any atom is -0.497 e. The molecular formula is C19H23N3O3. The molecule has 0 radical (unpaired) electrons. The second kappa shape index (κ2) is 7.42. The molecule has 0 atom stereocenters. The van der Waals surface area contributed by atoms with Gasteiger partial charge in [-0.25, -0.2) is 0 Å². The van der Waals surface area contributed by atoms with Gasteiger partial charge in [0.2, 0.25) is 5.56 Å². The number of piperazine rings is 1. The highest BCUT2D eigenvalue weighted by Gasteiger charge is 2.23. The third-order valence-corrected chi connectivity index (χ3v) is 4.51. The van der Waals surface area contributed by atoms with E-state index in [1.165, 1.54) is 6.07 Å². The molecule has 1 N–H and O–H groups in total. The Balaban J connectivity index is 1.68. The minimum atomic E-state index is -0.224. The van der Waals surface area contributed by atoms with Gasteiger partial charge in [0.1, 0.15) is 5.75 Å². The van der Waals surface area contributed by atoms with Crippen molar-refractivity contribution in [3.63, 3.8) is 0 Å². The van der Waals surface area contributed by atoms with Gasteiger partial charge in [0, 0.05) is 55.3 Å². The average molecular weight is 341 g/mol. The standard InChI is InChI=1S/C19H23N3O3/c1-3-15-11-14(12-18(23)20-15)19(24)22-9-7-21(8-10-22)16-5-4-6-17(13-16)25-2/h4-6,11-13H,3,7-10H2,1-2H3,(H,20,23). The third-order valence-electron chi connectivity index (χ3n) is 4.51. The first-order valence-electron chi connectivity index (χ1n) is 8.52. The van der Waals surface area contributed by atoms with Gasteiger partial charge >= 0.3 is 0 Å². The van der Waals surface area contributed by atoms with Gasteiger partial charge in [-0.1, -0.05) is 13.0 Å². The number of carbonyl (C=O) groups is 1. The second-order valence-corrected chi connectivity index (χ2v) is 6.09. The molecule has 0 saturated carbocycles. The molecule has 1 amide bonds. The molecular weight excluding hydrogens is 318 g/mol. The maximum atomic E-state index is 12.7. The first kappa shape index (κ1) is 17.1. The summed E-state index contributed by atoms with van der Waals surface area (Å²) in [7, 11) is 1.65. The number of benzene rings is 1. The summed E-state index contributed by atoms with van der Waals surface area (Å²) < 4.78 is 5.27. The van der Waals surface area contributed by atoms with Crippen molar-refractivity contribution in [3.8, 4) is 5.75 Å². The van der Waals surface area contributed by atoms with Crippen LogP contribution in [0.1, 0.15) is 23.0 Å². The van der Waals surface area contributed by atoms with Gasteiger partial charge in [-0.15, -0.1) is 0 Å².